The zero-order valence-corrected chi connectivity index (χ0v) is 11.6. The third-order valence-electron chi connectivity index (χ3n) is 3.38. The molecule has 0 fully saturated rings. The number of hydrogen-bond donors (Lipinski definition) is 1. The van der Waals surface area contributed by atoms with Crippen LogP contribution in [0.3, 0.4) is 0 Å². The first-order valence-electron chi connectivity index (χ1n) is 6.80. The van der Waals surface area contributed by atoms with Gasteiger partial charge >= 0.3 is 0 Å². The summed E-state index contributed by atoms with van der Waals surface area (Å²) in [5.74, 6) is 1.88. The van der Waals surface area contributed by atoms with Gasteiger partial charge in [-0.3, -0.25) is 0 Å². The van der Waals surface area contributed by atoms with Crippen LogP contribution in [0.2, 0.25) is 0 Å². The molecule has 0 unspecified atom stereocenters. The van der Waals surface area contributed by atoms with Gasteiger partial charge in [-0.15, -0.1) is 0 Å². The van der Waals surface area contributed by atoms with Crippen molar-refractivity contribution >= 4 is 16.7 Å². The molecule has 0 radical (unpaired) electrons. The Morgan fingerprint density at radius 3 is 2.78 bits per heavy atom. The Bertz CT molecular complexity index is 526. The van der Waals surface area contributed by atoms with Gasteiger partial charge in [0.25, 0.3) is 0 Å². The highest BCUT2D eigenvalue weighted by Crippen LogP contribution is 2.19. The summed E-state index contributed by atoms with van der Waals surface area (Å²) in [6.45, 7) is 7.68. The van der Waals surface area contributed by atoms with Crippen LogP contribution >= 0.6 is 0 Å². The average Bonchev–Trinajstić information content (AvgIpc) is 2.59. The molecule has 98 valence electrons. The molecule has 2 rings (SSSR count). The van der Waals surface area contributed by atoms with Crippen molar-refractivity contribution in [3.63, 3.8) is 0 Å². The van der Waals surface area contributed by atoms with Crippen molar-refractivity contribution in [2.75, 3.05) is 5.73 Å². The fraction of sp³-hybridized carbons (Fsp3) is 0.533. The highest BCUT2D eigenvalue weighted by atomic mass is 15.1. The molecule has 2 N–H and O–H groups in total. The number of hydrogen-bond acceptors (Lipinski definition) is 2. The number of nitrogen functional groups attached to an aromatic ring is 1. The van der Waals surface area contributed by atoms with Crippen molar-refractivity contribution in [3.8, 4) is 0 Å². The predicted molar refractivity (Wildman–Crippen MR) is 77.6 cm³/mol. The number of aryl methyl sites for hydroxylation is 2. The van der Waals surface area contributed by atoms with Crippen LogP contribution in [0, 0.1) is 12.8 Å². The number of nitrogens with zero attached hydrogens (tertiary/aromatic N) is 2. The third kappa shape index (κ3) is 2.84. The Balaban J connectivity index is 2.10. The summed E-state index contributed by atoms with van der Waals surface area (Å²) in [5.41, 5.74) is 8.78. The standard InChI is InChI=1S/C15H23N3/c1-11(2)6-4-5-9-18-12(3)17-14-10-13(16)7-8-15(14)18/h7-8,10-11H,4-6,9,16H2,1-3H3. The lowest BCUT2D eigenvalue weighted by Gasteiger charge is -2.08. The SMILES string of the molecule is Cc1nc2cc(N)ccc2n1CCCCC(C)C. The Kier molecular flexibility index (Phi) is 3.90. The van der Waals surface area contributed by atoms with Gasteiger partial charge in [0.1, 0.15) is 5.82 Å². The molecule has 0 spiro atoms. The maximum atomic E-state index is 5.79. The third-order valence-corrected chi connectivity index (χ3v) is 3.38. The number of benzene rings is 1. The molecule has 18 heavy (non-hydrogen) atoms. The monoisotopic (exact) mass is 245 g/mol. The molecule has 0 aliphatic heterocycles. The van der Waals surface area contributed by atoms with Crippen molar-refractivity contribution in [1.29, 1.82) is 0 Å². The highest BCUT2D eigenvalue weighted by molar-refractivity contribution is 5.79. The molecule has 3 nitrogen and oxygen atoms in total. The number of aromatic nitrogens is 2. The largest absolute Gasteiger partial charge is 0.399 e. The highest BCUT2D eigenvalue weighted by Gasteiger charge is 2.07. The fourth-order valence-electron chi connectivity index (χ4n) is 2.37. The fourth-order valence-corrected chi connectivity index (χ4v) is 2.37. The molecular formula is C15H23N3. The summed E-state index contributed by atoms with van der Waals surface area (Å²) >= 11 is 0. The number of fused-ring (bicyclic) bond motifs is 1. The summed E-state index contributed by atoms with van der Waals surface area (Å²) in [7, 11) is 0. The lowest BCUT2D eigenvalue weighted by Crippen LogP contribution is -2.01. The van der Waals surface area contributed by atoms with E-state index in [2.05, 4.69) is 36.4 Å². The normalized spacial score (nSPS) is 11.6. The van der Waals surface area contributed by atoms with Gasteiger partial charge in [-0.05, 0) is 37.5 Å². The summed E-state index contributed by atoms with van der Waals surface area (Å²) in [6, 6.07) is 5.98. The average molecular weight is 245 g/mol. The van der Waals surface area contributed by atoms with Crippen molar-refractivity contribution in [2.45, 2.75) is 46.6 Å². The topological polar surface area (TPSA) is 43.8 Å². The predicted octanol–water partition coefficient (Wildman–Crippen LogP) is 3.75. The van der Waals surface area contributed by atoms with E-state index in [1.54, 1.807) is 0 Å². The van der Waals surface area contributed by atoms with Crippen LogP contribution in [0.4, 0.5) is 5.69 Å². The van der Waals surface area contributed by atoms with Crippen LogP contribution in [-0.2, 0) is 6.54 Å². The van der Waals surface area contributed by atoms with Crippen molar-refractivity contribution in [3.05, 3.63) is 24.0 Å². The van der Waals surface area contributed by atoms with E-state index in [0.717, 1.165) is 29.5 Å². The zero-order valence-electron chi connectivity index (χ0n) is 11.6. The van der Waals surface area contributed by atoms with Gasteiger partial charge in [0.15, 0.2) is 0 Å². The second-order valence-electron chi connectivity index (χ2n) is 5.45. The van der Waals surface area contributed by atoms with Crippen LogP contribution < -0.4 is 5.73 Å². The van der Waals surface area contributed by atoms with Gasteiger partial charge in [-0.2, -0.15) is 0 Å². The van der Waals surface area contributed by atoms with E-state index in [-0.39, 0.29) is 0 Å². The van der Waals surface area contributed by atoms with E-state index in [9.17, 15) is 0 Å². The zero-order chi connectivity index (χ0) is 13.1. The minimum absolute atomic E-state index is 0.784. The van der Waals surface area contributed by atoms with Crippen molar-refractivity contribution < 1.29 is 0 Å². The quantitative estimate of drug-likeness (QED) is 0.644. The first-order chi connectivity index (χ1) is 8.58. The minimum atomic E-state index is 0.784. The first kappa shape index (κ1) is 12.9. The van der Waals surface area contributed by atoms with Gasteiger partial charge in [-0.25, -0.2) is 4.98 Å². The first-order valence-corrected chi connectivity index (χ1v) is 6.80. The van der Waals surface area contributed by atoms with Gasteiger partial charge in [0.05, 0.1) is 11.0 Å². The van der Waals surface area contributed by atoms with Crippen LogP contribution in [-0.4, -0.2) is 9.55 Å². The summed E-state index contributed by atoms with van der Waals surface area (Å²) in [5, 5.41) is 0. The number of anilines is 1. The number of nitrogens with two attached hydrogens (primary N) is 1. The molecule has 1 aromatic carbocycles. The van der Waals surface area contributed by atoms with Crippen LogP contribution in [0.1, 0.15) is 38.9 Å². The molecule has 0 saturated carbocycles. The molecule has 0 bridgehead atoms. The second kappa shape index (κ2) is 5.42. The Morgan fingerprint density at radius 1 is 1.28 bits per heavy atom. The summed E-state index contributed by atoms with van der Waals surface area (Å²) in [4.78, 5) is 4.57. The van der Waals surface area contributed by atoms with Gasteiger partial charge in [0, 0.05) is 12.2 Å². The molecular weight excluding hydrogens is 222 g/mol. The maximum absolute atomic E-state index is 5.79. The van der Waals surface area contributed by atoms with E-state index in [4.69, 9.17) is 5.73 Å². The molecule has 1 aromatic heterocycles. The number of unbranched alkanes of at least 4 members (excludes halogenated alkanes) is 1. The molecule has 1 heterocycles. The smallest absolute Gasteiger partial charge is 0.106 e. The lowest BCUT2D eigenvalue weighted by molar-refractivity contribution is 0.509. The van der Waals surface area contributed by atoms with Gasteiger partial charge < -0.3 is 10.3 Å². The van der Waals surface area contributed by atoms with E-state index >= 15 is 0 Å². The number of rotatable bonds is 5. The summed E-state index contributed by atoms with van der Waals surface area (Å²) in [6.07, 6.45) is 3.80. The van der Waals surface area contributed by atoms with Crippen molar-refractivity contribution in [2.24, 2.45) is 5.92 Å². The molecule has 0 saturated heterocycles. The Labute approximate surface area is 109 Å². The van der Waals surface area contributed by atoms with Crippen LogP contribution in [0.5, 0.6) is 0 Å². The van der Waals surface area contributed by atoms with Crippen LogP contribution in [0.25, 0.3) is 11.0 Å². The van der Waals surface area contributed by atoms with Gasteiger partial charge in [-0.1, -0.05) is 26.7 Å². The molecule has 0 amide bonds. The minimum Gasteiger partial charge on any atom is -0.399 e. The maximum Gasteiger partial charge on any atom is 0.106 e. The molecule has 2 aromatic rings. The second-order valence-corrected chi connectivity index (χ2v) is 5.45. The van der Waals surface area contributed by atoms with E-state index in [0.29, 0.717) is 0 Å². The van der Waals surface area contributed by atoms with E-state index in [1.165, 1.54) is 24.8 Å². The van der Waals surface area contributed by atoms with Crippen LogP contribution in [0.15, 0.2) is 18.2 Å². The number of imidazole rings is 1. The van der Waals surface area contributed by atoms with Gasteiger partial charge in [0.2, 0.25) is 0 Å². The molecule has 0 aliphatic rings. The lowest BCUT2D eigenvalue weighted by atomic mass is 10.1. The van der Waals surface area contributed by atoms with Crippen molar-refractivity contribution in [1.82, 2.24) is 9.55 Å². The summed E-state index contributed by atoms with van der Waals surface area (Å²) < 4.78 is 2.30. The molecule has 0 aliphatic carbocycles. The van der Waals surface area contributed by atoms with E-state index < -0.39 is 0 Å². The molecule has 3 heteroatoms. The molecule has 0 atom stereocenters. The Hall–Kier alpha value is -1.51. The van der Waals surface area contributed by atoms with E-state index in [1.807, 2.05) is 12.1 Å². The Morgan fingerprint density at radius 2 is 2.06 bits per heavy atom.